The Bertz CT molecular complexity index is 929. The summed E-state index contributed by atoms with van der Waals surface area (Å²) in [6.45, 7) is 4.78. The Morgan fingerprint density at radius 1 is 1.00 bits per heavy atom. The molecule has 148 valence electrons. The Labute approximate surface area is 173 Å². The van der Waals surface area contributed by atoms with Gasteiger partial charge in [0, 0.05) is 12.3 Å². The van der Waals surface area contributed by atoms with Crippen LogP contribution in [-0.2, 0) is 0 Å². The smallest absolute Gasteiger partial charge is 0.258 e. The lowest BCUT2D eigenvalue weighted by Gasteiger charge is -2.41. The third kappa shape index (κ3) is 4.56. The van der Waals surface area contributed by atoms with E-state index in [4.69, 9.17) is 10.00 Å². The fourth-order valence-corrected chi connectivity index (χ4v) is 7.52. The number of hydrogen-bond acceptors (Lipinski definition) is 4. The highest BCUT2D eigenvalue weighted by Crippen LogP contribution is 2.39. The predicted molar refractivity (Wildman–Crippen MR) is 118 cm³/mol. The first kappa shape index (κ1) is 20.8. The molecule has 0 amide bonds. The summed E-state index contributed by atoms with van der Waals surface area (Å²) < 4.78 is 5.74. The van der Waals surface area contributed by atoms with Crippen LogP contribution in [0.3, 0.4) is 0 Å². The Morgan fingerprint density at radius 2 is 1.59 bits per heavy atom. The Morgan fingerprint density at radius 3 is 2.14 bits per heavy atom. The highest BCUT2D eigenvalue weighted by Gasteiger charge is 2.49. The van der Waals surface area contributed by atoms with Gasteiger partial charge in [-0.3, -0.25) is 0 Å². The molecular weight excluding hydrogens is 376 g/mol. The fraction of sp³-hybridized carbons (Fsp3) is 0.250. The number of aromatic nitrogens is 1. The van der Waals surface area contributed by atoms with Gasteiger partial charge >= 0.3 is 0 Å². The van der Waals surface area contributed by atoms with Gasteiger partial charge in [-0.1, -0.05) is 74.5 Å². The van der Waals surface area contributed by atoms with E-state index in [1.807, 2.05) is 60.7 Å². The van der Waals surface area contributed by atoms with Gasteiger partial charge in [-0.05, 0) is 34.3 Å². The van der Waals surface area contributed by atoms with Gasteiger partial charge in [0.05, 0.1) is 18.2 Å². The minimum atomic E-state index is -2.99. The van der Waals surface area contributed by atoms with E-state index >= 15 is 0 Å². The minimum absolute atomic E-state index is 0.305. The number of ether oxygens (including phenoxy) is 1. The van der Waals surface area contributed by atoms with Crippen LogP contribution in [0.1, 0.15) is 32.3 Å². The van der Waals surface area contributed by atoms with E-state index in [2.05, 4.69) is 24.9 Å². The molecule has 4 nitrogen and oxygen atoms in total. The van der Waals surface area contributed by atoms with E-state index in [-0.39, 0.29) is 5.04 Å². The third-order valence-electron chi connectivity index (χ3n) is 5.42. The molecular formula is C24H26N2O2Si. The first-order valence-electron chi connectivity index (χ1n) is 9.80. The second-order valence-corrected chi connectivity index (χ2v) is 11.7. The predicted octanol–water partition coefficient (Wildman–Crippen LogP) is 3.64. The topological polar surface area (TPSA) is 66.1 Å². The number of pyridine rings is 1. The largest absolute Gasteiger partial charge is 0.478 e. The Hall–Kier alpha value is -2.94. The molecule has 0 radical (unpaired) electrons. The van der Waals surface area contributed by atoms with Crippen LogP contribution in [0.2, 0.25) is 5.04 Å². The molecule has 0 atom stereocenters. The second kappa shape index (κ2) is 9.04. The molecule has 0 unspecified atom stereocenters. The summed E-state index contributed by atoms with van der Waals surface area (Å²) in [6.07, 6.45) is 3.16. The summed E-state index contributed by atoms with van der Waals surface area (Å²) in [6, 6.07) is 25.4. The summed E-state index contributed by atoms with van der Waals surface area (Å²) in [5, 5.41) is 10.7. The van der Waals surface area contributed by atoms with E-state index in [0.29, 0.717) is 18.1 Å². The van der Waals surface area contributed by atoms with Gasteiger partial charge in [0.1, 0.15) is 0 Å². The fourth-order valence-electron chi connectivity index (χ4n) is 3.74. The molecule has 0 aliphatic carbocycles. The zero-order chi connectivity index (χ0) is 20.7. The highest BCUT2D eigenvalue weighted by atomic mass is 28.4. The molecule has 29 heavy (non-hydrogen) atoms. The second-order valence-electron chi connectivity index (χ2n) is 7.77. The number of benzene rings is 2. The maximum atomic E-state index is 12.1. The summed E-state index contributed by atoms with van der Waals surface area (Å²) in [5.74, 6) is 0.459. The van der Waals surface area contributed by atoms with E-state index in [1.54, 1.807) is 18.3 Å². The van der Waals surface area contributed by atoms with Crippen molar-refractivity contribution in [2.24, 2.45) is 0 Å². The van der Waals surface area contributed by atoms with Gasteiger partial charge in [0.2, 0.25) is 5.88 Å². The summed E-state index contributed by atoms with van der Waals surface area (Å²) in [5.41, 5.74) is 0.533. The van der Waals surface area contributed by atoms with Crippen molar-refractivity contribution in [2.45, 2.75) is 31.7 Å². The number of nitriles is 1. The molecule has 0 fully saturated rings. The number of nitrogens with zero attached hydrogens (tertiary/aromatic N) is 2. The van der Waals surface area contributed by atoms with Crippen LogP contribution in [0.5, 0.6) is 5.88 Å². The zero-order valence-corrected chi connectivity index (χ0v) is 17.9. The van der Waals surface area contributed by atoms with Crippen LogP contribution in [-0.4, -0.2) is 24.7 Å². The molecule has 1 N–H and O–H groups in total. The van der Waals surface area contributed by atoms with E-state index < -0.39 is 8.32 Å². The molecule has 0 spiro atoms. The quantitative estimate of drug-likeness (QED) is 0.461. The van der Waals surface area contributed by atoms with Crippen molar-refractivity contribution >= 4 is 18.7 Å². The van der Waals surface area contributed by atoms with Gasteiger partial charge < -0.3 is 9.53 Å². The molecule has 3 rings (SSSR count). The van der Waals surface area contributed by atoms with Crippen LogP contribution in [0.4, 0.5) is 0 Å². The average molecular weight is 403 g/mol. The summed E-state index contributed by atoms with van der Waals surface area (Å²) >= 11 is 0. The molecule has 0 aliphatic rings. The third-order valence-corrected chi connectivity index (χ3v) is 9.97. The first-order chi connectivity index (χ1) is 14.0. The minimum Gasteiger partial charge on any atom is -0.478 e. The van der Waals surface area contributed by atoms with Gasteiger partial charge in [-0.15, -0.1) is 0 Å². The molecule has 2 aromatic carbocycles. The van der Waals surface area contributed by atoms with E-state index in [0.717, 1.165) is 23.2 Å². The maximum Gasteiger partial charge on any atom is 0.258 e. The molecule has 1 heterocycles. The zero-order valence-electron chi connectivity index (χ0n) is 16.9. The molecule has 1 aromatic heterocycles. The van der Waals surface area contributed by atoms with Crippen molar-refractivity contribution in [3.05, 3.63) is 84.6 Å². The average Bonchev–Trinajstić information content (AvgIpc) is 2.77. The lowest BCUT2D eigenvalue weighted by Crippen LogP contribution is -2.65. The molecule has 0 aliphatic heterocycles. The summed E-state index contributed by atoms with van der Waals surface area (Å²) in [7, 11) is -2.99. The van der Waals surface area contributed by atoms with Crippen LogP contribution in [0.15, 0.2) is 79.0 Å². The summed E-state index contributed by atoms with van der Waals surface area (Å²) in [4.78, 5) is 16.3. The lowest BCUT2D eigenvalue weighted by atomic mass is 10.1. The lowest BCUT2D eigenvalue weighted by molar-refractivity contribution is 0.285. The standard InChI is InChI=1S/C24H26N2O2Si/c1-24(2,15-9-17-28-23-18-20(19-25)14-16-26-23)29(27,21-10-5-3-6-11-21)22-12-7-4-8-13-22/h3-8,10-14,16,18,27H,9,15,17H2,1-2H3. The molecule has 3 aromatic rings. The van der Waals surface area contributed by atoms with Gasteiger partial charge in [-0.25, -0.2) is 4.98 Å². The molecule has 0 bridgehead atoms. The van der Waals surface area contributed by atoms with Crippen molar-refractivity contribution in [2.75, 3.05) is 6.61 Å². The Balaban J connectivity index is 1.76. The van der Waals surface area contributed by atoms with E-state index in [1.165, 1.54) is 0 Å². The number of rotatable bonds is 8. The molecule has 0 saturated heterocycles. The van der Waals surface area contributed by atoms with Crippen molar-refractivity contribution in [1.29, 1.82) is 5.26 Å². The van der Waals surface area contributed by atoms with Crippen molar-refractivity contribution in [3.63, 3.8) is 0 Å². The van der Waals surface area contributed by atoms with Crippen LogP contribution >= 0.6 is 0 Å². The van der Waals surface area contributed by atoms with Crippen LogP contribution in [0, 0.1) is 11.3 Å². The van der Waals surface area contributed by atoms with E-state index in [9.17, 15) is 4.80 Å². The Kier molecular flexibility index (Phi) is 6.48. The van der Waals surface area contributed by atoms with Crippen molar-refractivity contribution in [1.82, 2.24) is 4.98 Å². The monoisotopic (exact) mass is 402 g/mol. The first-order valence-corrected chi connectivity index (χ1v) is 11.7. The van der Waals surface area contributed by atoms with Gasteiger partial charge in [0.15, 0.2) is 0 Å². The van der Waals surface area contributed by atoms with Crippen LogP contribution < -0.4 is 15.1 Å². The molecule has 5 heteroatoms. The van der Waals surface area contributed by atoms with Crippen molar-refractivity contribution in [3.8, 4) is 11.9 Å². The van der Waals surface area contributed by atoms with Gasteiger partial charge in [-0.2, -0.15) is 5.26 Å². The van der Waals surface area contributed by atoms with Gasteiger partial charge in [0.25, 0.3) is 8.32 Å². The SMILES string of the molecule is CC(C)(CCCOc1cc(C#N)ccn1)[Si](O)(c1ccccc1)c1ccccc1. The van der Waals surface area contributed by atoms with Crippen LogP contribution in [0.25, 0.3) is 0 Å². The maximum absolute atomic E-state index is 12.1. The number of hydrogen-bond donors (Lipinski definition) is 1. The normalized spacial score (nSPS) is 11.7. The highest BCUT2D eigenvalue weighted by molar-refractivity contribution is 6.98. The molecule has 0 saturated carbocycles. The van der Waals surface area contributed by atoms with Crippen molar-refractivity contribution < 1.29 is 9.53 Å².